The van der Waals surface area contributed by atoms with Crippen molar-refractivity contribution >= 4 is 12.0 Å². The van der Waals surface area contributed by atoms with E-state index in [1.807, 2.05) is 6.92 Å². The fraction of sp³-hybridized carbons (Fsp3) is 0.636. The lowest BCUT2D eigenvalue weighted by atomic mass is 10.4. The van der Waals surface area contributed by atoms with Crippen LogP contribution < -0.4 is 5.32 Å². The molecule has 0 aromatic carbocycles. The van der Waals surface area contributed by atoms with Gasteiger partial charge in [0.15, 0.2) is 0 Å². The normalized spacial score (nSPS) is 9.71. The highest BCUT2D eigenvalue weighted by Crippen LogP contribution is 1.91. The molecule has 17 heavy (non-hydrogen) atoms. The lowest BCUT2D eigenvalue weighted by Crippen LogP contribution is -2.43. The highest BCUT2D eigenvalue weighted by Gasteiger charge is 2.14. The average Bonchev–Trinajstić information content (AvgIpc) is 2.27. The van der Waals surface area contributed by atoms with Gasteiger partial charge in [0.05, 0.1) is 0 Å². The molecule has 0 aromatic heterocycles. The van der Waals surface area contributed by atoms with E-state index in [0.29, 0.717) is 26.2 Å². The zero-order valence-electron chi connectivity index (χ0n) is 10.1. The molecule has 0 aliphatic carbocycles. The molecule has 0 bridgehead atoms. The van der Waals surface area contributed by atoms with E-state index in [9.17, 15) is 9.59 Å². The van der Waals surface area contributed by atoms with Crippen molar-refractivity contribution in [1.29, 1.82) is 0 Å². The summed E-state index contributed by atoms with van der Waals surface area (Å²) in [5.74, 6) is -1.05. The second kappa shape index (κ2) is 9.65. The average molecular weight is 244 g/mol. The molecule has 0 rings (SSSR count). The number of ether oxygens (including phenoxy) is 1. The van der Waals surface area contributed by atoms with Crippen molar-refractivity contribution in [1.82, 2.24) is 10.2 Å². The molecule has 6 nitrogen and oxygen atoms in total. The minimum Gasteiger partial charge on any atom is -0.480 e. The molecule has 0 saturated carbocycles. The first-order valence-corrected chi connectivity index (χ1v) is 5.55. The molecule has 0 radical (unpaired) electrons. The lowest BCUT2D eigenvalue weighted by Gasteiger charge is -2.19. The number of carbonyl (C=O) groups is 2. The number of carboxylic acid groups (broad SMARTS) is 1. The van der Waals surface area contributed by atoms with Crippen molar-refractivity contribution in [3.63, 3.8) is 0 Å². The number of nitrogens with zero attached hydrogens (tertiary/aromatic N) is 1. The van der Waals surface area contributed by atoms with Crippen LogP contribution >= 0.6 is 0 Å². The minimum atomic E-state index is -1.05. The maximum atomic E-state index is 11.6. The molecule has 98 valence electrons. The van der Waals surface area contributed by atoms with Crippen LogP contribution in [0.4, 0.5) is 4.79 Å². The van der Waals surface area contributed by atoms with Crippen LogP contribution in [-0.4, -0.2) is 54.9 Å². The van der Waals surface area contributed by atoms with Crippen LogP contribution in [0, 0.1) is 0 Å². The van der Waals surface area contributed by atoms with E-state index in [2.05, 4.69) is 11.9 Å². The largest absolute Gasteiger partial charge is 0.480 e. The number of hydrogen-bond donors (Lipinski definition) is 2. The Morgan fingerprint density at radius 1 is 1.53 bits per heavy atom. The zero-order valence-corrected chi connectivity index (χ0v) is 10.1. The third-order valence-corrected chi connectivity index (χ3v) is 1.91. The standard InChI is InChI=1S/C11H20N2O4/c1-3-7-13(9-10(14)15)11(16)12-6-5-8-17-4-2/h3H,1,4-9H2,2H3,(H,12,16)(H,14,15). The summed E-state index contributed by atoms with van der Waals surface area (Å²) in [5.41, 5.74) is 0. The van der Waals surface area contributed by atoms with Gasteiger partial charge in [-0.3, -0.25) is 4.79 Å². The highest BCUT2D eigenvalue weighted by atomic mass is 16.5. The maximum Gasteiger partial charge on any atom is 0.323 e. The summed E-state index contributed by atoms with van der Waals surface area (Å²) in [6.07, 6.45) is 2.19. The molecular weight excluding hydrogens is 224 g/mol. The van der Waals surface area contributed by atoms with Crippen LogP contribution in [0.15, 0.2) is 12.7 Å². The lowest BCUT2D eigenvalue weighted by molar-refractivity contribution is -0.137. The topological polar surface area (TPSA) is 78.9 Å². The summed E-state index contributed by atoms with van der Waals surface area (Å²) in [5, 5.41) is 11.3. The molecule has 0 unspecified atom stereocenters. The summed E-state index contributed by atoms with van der Waals surface area (Å²) in [6.45, 7) is 6.95. The molecule has 2 N–H and O–H groups in total. The third kappa shape index (κ3) is 8.27. The summed E-state index contributed by atoms with van der Waals surface area (Å²) in [4.78, 5) is 23.3. The van der Waals surface area contributed by atoms with Gasteiger partial charge in [0, 0.05) is 26.3 Å². The minimum absolute atomic E-state index is 0.212. The quantitative estimate of drug-likeness (QED) is 0.462. The predicted molar refractivity (Wildman–Crippen MR) is 63.9 cm³/mol. The molecule has 0 spiro atoms. The van der Waals surface area contributed by atoms with Crippen LogP contribution in [0.25, 0.3) is 0 Å². The first-order valence-electron chi connectivity index (χ1n) is 5.55. The van der Waals surface area contributed by atoms with E-state index in [-0.39, 0.29) is 13.1 Å². The number of rotatable bonds is 9. The van der Waals surface area contributed by atoms with Crippen LogP contribution in [0.2, 0.25) is 0 Å². The zero-order chi connectivity index (χ0) is 13.1. The van der Waals surface area contributed by atoms with Crippen LogP contribution in [-0.2, 0) is 9.53 Å². The molecule has 6 heteroatoms. The number of hydrogen-bond acceptors (Lipinski definition) is 3. The van der Waals surface area contributed by atoms with Crippen molar-refractivity contribution in [2.45, 2.75) is 13.3 Å². The van der Waals surface area contributed by atoms with Crippen molar-refractivity contribution in [2.24, 2.45) is 0 Å². The van der Waals surface area contributed by atoms with Gasteiger partial charge in [0.2, 0.25) is 0 Å². The highest BCUT2D eigenvalue weighted by molar-refractivity contribution is 5.80. The monoisotopic (exact) mass is 244 g/mol. The number of carbonyl (C=O) groups excluding carboxylic acids is 1. The Hall–Kier alpha value is -1.56. The van der Waals surface area contributed by atoms with Gasteiger partial charge in [-0.25, -0.2) is 4.79 Å². The first kappa shape index (κ1) is 15.4. The summed E-state index contributed by atoms with van der Waals surface area (Å²) in [6, 6.07) is -0.399. The summed E-state index contributed by atoms with van der Waals surface area (Å²) < 4.78 is 5.11. The predicted octanol–water partition coefficient (Wildman–Crippen LogP) is 0.695. The molecule has 0 saturated heterocycles. The molecule has 2 amide bonds. The van der Waals surface area contributed by atoms with Gasteiger partial charge in [-0.05, 0) is 13.3 Å². The van der Waals surface area contributed by atoms with E-state index in [1.165, 1.54) is 11.0 Å². The van der Waals surface area contributed by atoms with Gasteiger partial charge >= 0.3 is 12.0 Å². The van der Waals surface area contributed by atoms with E-state index in [0.717, 1.165) is 0 Å². The molecule has 0 fully saturated rings. The summed E-state index contributed by atoms with van der Waals surface area (Å²) >= 11 is 0. The number of nitrogens with one attached hydrogen (secondary N) is 1. The molecule has 0 heterocycles. The van der Waals surface area contributed by atoms with Crippen LogP contribution in [0.3, 0.4) is 0 Å². The fourth-order valence-corrected chi connectivity index (χ4v) is 1.16. The summed E-state index contributed by atoms with van der Waals surface area (Å²) in [7, 11) is 0. The van der Waals surface area contributed by atoms with Gasteiger partial charge in [0.25, 0.3) is 0 Å². The van der Waals surface area contributed by atoms with E-state index in [4.69, 9.17) is 9.84 Å². The number of aliphatic carboxylic acids is 1. The second-order valence-corrected chi connectivity index (χ2v) is 3.35. The molecule has 0 aliphatic heterocycles. The Morgan fingerprint density at radius 3 is 2.76 bits per heavy atom. The van der Waals surface area contributed by atoms with Gasteiger partial charge in [-0.1, -0.05) is 6.08 Å². The van der Waals surface area contributed by atoms with Gasteiger partial charge in [-0.15, -0.1) is 6.58 Å². The van der Waals surface area contributed by atoms with E-state index >= 15 is 0 Å². The SMILES string of the molecule is C=CCN(CC(=O)O)C(=O)NCCCOCC. The fourth-order valence-electron chi connectivity index (χ4n) is 1.16. The molecule has 0 aliphatic rings. The molecular formula is C11H20N2O4. The van der Waals surface area contributed by atoms with Crippen LogP contribution in [0.1, 0.15) is 13.3 Å². The van der Waals surface area contributed by atoms with E-state index in [1.54, 1.807) is 0 Å². The smallest absolute Gasteiger partial charge is 0.323 e. The number of carboxylic acids is 1. The van der Waals surface area contributed by atoms with Gasteiger partial charge in [-0.2, -0.15) is 0 Å². The Balaban J connectivity index is 3.88. The molecule has 0 aromatic rings. The molecule has 0 atom stereocenters. The van der Waals surface area contributed by atoms with Crippen molar-refractivity contribution in [2.75, 3.05) is 32.8 Å². The Morgan fingerprint density at radius 2 is 2.24 bits per heavy atom. The van der Waals surface area contributed by atoms with Gasteiger partial charge < -0.3 is 20.1 Å². The van der Waals surface area contributed by atoms with Gasteiger partial charge in [0.1, 0.15) is 6.54 Å². The third-order valence-electron chi connectivity index (χ3n) is 1.91. The van der Waals surface area contributed by atoms with Crippen molar-refractivity contribution in [3.05, 3.63) is 12.7 Å². The Labute approximate surface area is 101 Å². The van der Waals surface area contributed by atoms with Crippen LogP contribution in [0.5, 0.6) is 0 Å². The first-order chi connectivity index (χ1) is 8.11. The number of amides is 2. The van der Waals surface area contributed by atoms with Crippen molar-refractivity contribution < 1.29 is 19.4 Å². The Kier molecular flexibility index (Phi) is 8.77. The Bertz CT molecular complexity index is 256. The van der Waals surface area contributed by atoms with E-state index < -0.39 is 12.0 Å². The maximum absolute atomic E-state index is 11.6. The number of urea groups is 1. The second-order valence-electron chi connectivity index (χ2n) is 3.35. The van der Waals surface area contributed by atoms with Crippen molar-refractivity contribution in [3.8, 4) is 0 Å².